The topological polar surface area (TPSA) is 58.7 Å². The minimum atomic E-state index is -0.814. The number of nitriles is 1. The van der Waals surface area contributed by atoms with Crippen molar-refractivity contribution in [3.8, 4) is 6.07 Å². The molecule has 2 aromatic rings. The van der Waals surface area contributed by atoms with Crippen molar-refractivity contribution in [1.82, 2.24) is 9.55 Å². The van der Waals surface area contributed by atoms with Gasteiger partial charge in [0.1, 0.15) is 5.01 Å². The van der Waals surface area contributed by atoms with Crippen LogP contribution in [0.3, 0.4) is 0 Å². The number of aromatic nitrogens is 2. The fraction of sp³-hybridized carbons (Fsp3) is 0.357. The summed E-state index contributed by atoms with van der Waals surface area (Å²) in [6.07, 6.45) is 1.79. The van der Waals surface area contributed by atoms with Crippen LogP contribution in [0.2, 0.25) is 0 Å². The molecular formula is C14H15N3OS. The molecule has 0 saturated heterocycles. The molecule has 0 aliphatic heterocycles. The third kappa shape index (κ3) is 2.59. The van der Waals surface area contributed by atoms with E-state index in [4.69, 9.17) is 0 Å². The molecule has 0 radical (unpaired) electrons. The molecule has 0 aromatic carbocycles. The van der Waals surface area contributed by atoms with Gasteiger partial charge in [0.2, 0.25) is 5.78 Å². The van der Waals surface area contributed by atoms with E-state index in [1.807, 2.05) is 19.2 Å². The van der Waals surface area contributed by atoms with Crippen LogP contribution in [0.15, 0.2) is 23.7 Å². The molecule has 98 valence electrons. The Balaban J connectivity index is 2.32. The Kier molecular flexibility index (Phi) is 3.82. The molecule has 0 spiro atoms. The second-order valence-corrected chi connectivity index (χ2v) is 5.59. The van der Waals surface area contributed by atoms with Gasteiger partial charge in [0.25, 0.3) is 0 Å². The molecular weight excluding hydrogens is 258 g/mol. The number of aryl methyl sites for hydroxylation is 1. The molecule has 0 fully saturated rings. The number of rotatable bonds is 4. The quantitative estimate of drug-likeness (QED) is 0.804. The van der Waals surface area contributed by atoms with Gasteiger partial charge < -0.3 is 4.57 Å². The van der Waals surface area contributed by atoms with Crippen molar-refractivity contribution in [1.29, 1.82) is 5.26 Å². The smallest absolute Gasteiger partial charge is 0.203 e. The first-order chi connectivity index (χ1) is 9.04. The summed E-state index contributed by atoms with van der Waals surface area (Å²) in [5.74, 6) is -0.708. The van der Waals surface area contributed by atoms with Gasteiger partial charge in [-0.15, -0.1) is 11.3 Å². The minimum Gasteiger partial charge on any atom is -0.348 e. The SMILES string of the molecule is CC(C)c1csc([C@@H](C#N)C(=O)c2cccn2C)n1. The predicted molar refractivity (Wildman–Crippen MR) is 74.3 cm³/mol. The summed E-state index contributed by atoms with van der Waals surface area (Å²) in [6.45, 7) is 4.08. The highest BCUT2D eigenvalue weighted by molar-refractivity contribution is 7.10. The van der Waals surface area contributed by atoms with Crippen LogP contribution in [0.5, 0.6) is 0 Å². The monoisotopic (exact) mass is 273 g/mol. The number of hydrogen-bond donors (Lipinski definition) is 0. The van der Waals surface area contributed by atoms with Crippen molar-refractivity contribution in [2.75, 3.05) is 0 Å². The van der Waals surface area contributed by atoms with E-state index in [1.165, 1.54) is 11.3 Å². The zero-order chi connectivity index (χ0) is 14.0. The number of Topliss-reactive ketones (excluding diaryl/α,β-unsaturated/α-hetero) is 1. The number of carbonyl (C=O) groups is 1. The molecule has 0 N–H and O–H groups in total. The van der Waals surface area contributed by atoms with Gasteiger partial charge in [-0.25, -0.2) is 4.98 Å². The standard InChI is InChI=1S/C14H15N3OS/c1-9(2)11-8-19-14(16-11)10(7-15)13(18)12-5-4-6-17(12)3/h4-6,8-10H,1-3H3/t10-/m0/s1. The van der Waals surface area contributed by atoms with Gasteiger partial charge in [-0.05, 0) is 18.1 Å². The van der Waals surface area contributed by atoms with Crippen LogP contribution in [-0.2, 0) is 7.05 Å². The lowest BCUT2D eigenvalue weighted by molar-refractivity contribution is 0.0971. The third-order valence-electron chi connectivity index (χ3n) is 2.97. The molecule has 0 unspecified atom stereocenters. The van der Waals surface area contributed by atoms with Gasteiger partial charge >= 0.3 is 0 Å². The second-order valence-electron chi connectivity index (χ2n) is 4.70. The second kappa shape index (κ2) is 5.37. The maximum absolute atomic E-state index is 12.4. The zero-order valence-corrected chi connectivity index (χ0v) is 11.9. The molecule has 0 aliphatic rings. The Morgan fingerprint density at radius 3 is 2.74 bits per heavy atom. The number of thiazole rings is 1. The van der Waals surface area contributed by atoms with E-state index in [2.05, 4.69) is 11.1 Å². The summed E-state index contributed by atoms with van der Waals surface area (Å²) in [7, 11) is 1.79. The van der Waals surface area contributed by atoms with Gasteiger partial charge in [0.15, 0.2) is 5.92 Å². The van der Waals surface area contributed by atoms with Crippen LogP contribution < -0.4 is 0 Å². The normalized spacial score (nSPS) is 12.4. The lowest BCUT2D eigenvalue weighted by Crippen LogP contribution is -2.14. The van der Waals surface area contributed by atoms with E-state index >= 15 is 0 Å². The third-order valence-corrected chi connectivity index (χ3v) is 3.89. The maximum Gasteiger partial charge on any atom is 0.203 e. The number of hydrogen-bond acceptors (Lipinski definition) is 4. The van der Waals surface area contributed by atoms with Crippen LogP contribution in [0.4, 0.5) is 0 Å². The van der Waals surface area contributed by atoms with Crippen LogP contribution in [-0.4, -0.2) is 15.3 Å². The molecule has 0 saturated carbocycles. The fourth-order valence-corrected chi connectivity index (χ4v) is 2.81. The van der Waals surface area contributed by atoms with Gasteiger partial charge in [0.05, 0.1) is 17.5 Å². The lowest BCUT2D eigenvalue weighted by atomic mass is 10.0. The van der Waals surface area contributed by atoms with Crippen LogP contribution in [0, 0.1) is 11.3 Å². The number of nitrogens with zero attached hydrogens (tertiary/aromatic N) is 3. The summed E-state index contributed by atoms with van der Waals surface area (Å²) in [5.41, 5.74) is 1.47. The van der Waals surface area contributed by atoms with Crippen molar-refractivity contribution >= 4 is 17.1 Å². The first-order valence-electron chi connectivity index (χ1n) is 6.05. The summed E-state index contributed by atoms with van der Waals surface area (Å²) in [4.78, 5) is 16.8. The van der Waals surface area contributed by atoms with E-state index in [9.17, 15) is 10.1 Å². The van der Waals surface area contributed by atoms with Crippen molar-refractivity contribution in [2.45, 2.75) is 25.7 Å². The average Bonchev–Trinajstić information content (AvgIpc) is 2.99. The van der Waals surface area contributed by atoms with Gasteiger partial charge in [-0.1, -0.05) is 13.8 Å². The highest BCUT2D eigenvalue weighted by atomic mass is 32.1. The summed E-state index contributed by atoms with van der Waals surface area (Å²) in [6, 6.07) is 5.59. The molecule has 2 aromatic heterocycles. The molecule has 5 heteroatoms. The molecule has 2 rings (SSSR count). The van der Waals surface area contributed by atoms with Crippen LogP contribution in [0.1, 0.15) is 46.9 Å². The van der Waals surface area contributed by atoms with Gasteiger partial charge in [-0.3, -0.25) is 4.79 Å². The minimum absolute atomic E-state index is 0.195. The van der Waals surface area contributed by atoms with E-state index in [0.717, 1.165) is 5.69 Å². The molecule has 0 bridgehead atoms. The predicted octanol–water partition coefficient (Wildman–Crippen LogP) is 3.10. The van der Waals surface area contributed by atoms with E-state index in [1.54, 1.807) is 29.9 Å². The lowest BCUT2D eigenvalue weighted by Gasteiger charge is -2.06. The van der Waals surface area contributed by atoms with Crippen molar-refractivity contribution in [3.05, 3.63) is 40.1 Å². The Hall–Kier alpha value is -1.93. The van der Waals surface area contributed by atoms with E-state index < -0.39 is 5.92 Å². The molecule has 0 amide bonds. The first kappa shape index (κ1) is 13.5. The van der Waals surface area contributed by atoms with E-state index in [-0.39, 0.29) is 5.78 Å². The number of ketones is 1. The summed E-state index contributed by atoms with van der Waals surface area (Å²) in [5, 5.41) is 11.8. The average molecular weight is 273 g/mol. The van der Waals surface area contributed by atoms with Gasteiger partial charge in [-0.2, -0.15) is 5.26 Å². The van der Waals surface area contributed by atoms with Crippen molar-refractivity contribution in [2.24, 2.45) is 7.05 Å². The molecule has 2 heterocycles. The van der Waals surface area contributed by atoms with Crippen molar-refractivity contribution in [3.63, 3.8) is 0 Å². The van der Waals surface area contributed by atoms with Gasteiger partial charge in [0, 0.05) is 18.6 Å². The van der Waals surface area contributed by atoms with Crippen molar-refractivity contribution < 1.29 is 4.79 Å². The molecule has 4 nitrogen and oxygen atoms in total. The number of carbonyl (C=O) groups excluding carboxylic acids is 1. The molecule has 0 aliphatic carbocycles. The molecule has 19 heavy (non-hydrogen) atoms. The Morgan fingerprint density at radius 1 is 1.53 bits per heavy atom. The fourth-order valence-electron chi connectivity index (χ4n) is 1.79. The van der Waals surface area contributed by atoms with Crippen LogP contribution in [0.25, 0.3) is 0 Å². The maximum atomic E-state index is 12.4. The zero-order valence-electron chi connectivity index (χ0n) is 11.1. The summed E-state index contributed by atoms with van der Waals surface area (Å²) < 4.78 is 1.73. The van der Waals surface area contributed by atoms with Crippen LogP contribution >= 0.6 is 11.3 Å². The Bertz CT molecular complexity index is 633. The Labute approximate surface area is 116 Å². The Morgan fingerprint density at radius 2 is 2.26 bits per heavy atom. The largest absolute Gasteiger partial charge is 0.348 e. The highest BCUT2D eigenvalue weighted by Gasteiger charge is 2.26. The summed E-state index contributed by atoms with van der Waals surface area (Å²) >= 11 is 1.38. The first-order valence-corrected chi connectivity index (χ1v) is 6.93. The van der Waals surface area contributed by atoms with E-state index in [0.29, 0.717) is 16.6 Å². The highest BCUT2D eigenvalue weighted by Crippen LogP contribution is 2.26. The molecule has 1 atom stereocenters.